The molecule has 1 aliphatic heterocycles. The number of anilines is 1. The molecule has 2 unspecified atom stereocenters. The third-order valence-electron chi connectivity index (χ3n) is 4.33. The molecule has 0 bridgehead atoms. The van der Waals surface area contributed by atoms with Gasteiger partial charge in [0.05, 0.1) is 4.92 Å². The number of amides is 1. The molecule has 0 aromatic heterocycles. The molecule has 1 heterocycles. The van der Waals surface area contributed by atoms with Crippen molar-refractivity contribution in [1.29, 1.82) is 0 Å². The van der Waals surface area contributed by atoms with Gasteiger partial charge in [-0.25, -0.2) is 0 Å². The fourth-order valence-electron chi connectivity index (χ4n) is 2.66. The maximum atomic E-state index is 12.5. The fourth-order valence-corrected chi connectivity index (χ4v) is 2.66. The zero-order valence-corrected chi connectivity index (χ0v) is 12.6. The lowest BCUT2D eigenvalue weighted by Crippen LogP contribution is -2.42. The topological polar surface area (TPSA) is 75.5 Å². The van der Waals surface area contributed by atoms with Crippen molar-refractivity contribution >= 4 is 17.3 Å². The van der Waals surface area contributed by atoms with Gasteiger partial charge in [-0.1, -0.05) is 13.8 Å². The third kappa shape index (κ3) is 3.15. The predicted octanol–water partition coefficient (Wildman–Crippen LogP) is 2.75. The Balaban J connectivity index is 2.23. The minimum atomic E-state index is -0.469. The highest BCUT2D eigenvalue weighted by Crippen LogP contribution is 2.28. The number of piperidine rings is 1. The van der Waals surface area contributed by atoms with E-state index in [1.807, 2.05) is 0 Å². The lowest BCUT2D eigenvalue weighted by atomic mass is 9.88. The van der Waals surface area contributed by atoms with E-state index in [4.69, 9.17) is 0 Å². The molecule has 114 valence electrons. The minimum Gasteiger partial charge on any atom is -0.383 e. The quantitative estimate of drug-likeness (QED) is 0.686. The Bertz CT molecular complexity index is 559. The van der Waals surface area contributed by atoms with Gasteiger partial charge < -0.3 is 10.2 Å². The van der Waals surface area contributed by atoms with Gasteiger partial charge in [-0.2, -0.15) is 0 Å². The molecule has 1 N–H and O–H groups in total. The molecule has 1 aliphatic rings. The van der Waals surface area contributed by atoms with Gasteiger partial charge in [0.1, 0.15) is 5.69 Å². The zero-order chi connectivity index (χ0) is 15.6. The van der Waals surface area contributed by atoms with Crippen molar-refractivity contribution in [2.45, 2.75) is 20.3 Å². The van der Waals surface area contributed by atoms with E-state index in [9.17, 15) is 14.9 Å². The molecule has 21 heavy (non-hydrogen) atoms. The highest BCUT2D eigenvalue weighted by atomic mass is 16.6. The second kappa shape index (κ2) is 6.11. The molecular weight excluding hydrogens is 270 g/mol. The Morgan fingerprint density at radius 3 is 2.67 bits per heavy atom. The summed E-state index contributed by atoms with van der Waals surface area (Å²) in [6, 6.07) is 4.59. The highest BCUT2D eigenvalue weighted by molar-refractivity contribution is 5.95. The Labute approximate surface area is 124 Å². The number of nitro benzene ring substituents is 1. The Hall–Kier alpha value is -2.11. The van der Waals surface area contributed by atoms with Crippen molar-refractivity contribution in [3.8, 4) is 0 Å². The average Bonchev–Trinajstić information content (AvgIpc) is 2.48. The Morgan fingerprint density at radius 1 is 1.38 bits per heavy atom. The van der Waals surface area contributed by atoms with Gasteiger partial charge in [-0.15, -0.1) is 0 Å². The molecule has 1 fully saturated rings. The van der Waals surface area contributed by atoms with Crippen LogP contribution in [0.3, 0.4) is 0 Å². The van der Waals surface area contributed by atoms with E-state index in [1.54, 1.807) is 24.1 Å². The third-order valence-corrected chi connectivity index (χ3v) is 4.33. The van der Waals surface area contributed by atoms with E-state index < -0.39 is 4.92 Å². The van der Waals surface area contributed by atoms with Gasteiger partial charge in [0.2, 0.25) is 0 Å². The number of nitrogens with zero attached hydrogens (tertiary/aromatic N) is 2. The van der Waals surface area contributed by atoms with Crippen LogP contribution in [0.2, 0.25) is 0 Å². The number of nitro groups is 1. The molecule has 0 radical (unpaired) electrons. The van der Waals surface area contributed by atoms with Crippen LogP contribution in [0.4, 0.5) is 11.4 Å². The van der Waals surface area contributed by atoms with Crippen LogP contribution in [0.5, 0.6) is 0 Å². The highest BCUT2D eigenvalue weighted by Gasteiger charge is 2.27. The summed E-state index contributed by atoms with van der Waals surface area (Å²) in [5, 5.41) is 13.8. The first kappa shape index (κ1) is 15.3. The summed E-state index contributed by atoms with van der Waals surface area (Å²) in [5.74, 6) is 0.934. The van der Waals surface area contributed by atoms with Crippen LogP contribution in [-0.4, -0.2) is 35.9 Å². The molecule has 0 spiro atoms. The molecule has 0 saturated carbocycles. The molecule has 1 aromatic carbocycles. The predicted molar refractivity (Wildman–Crippen MR) is 81.5 cm³/mol. The average molecular weight is 291 g/mol. The van der Waals surface area contributed by atoms with Crippen molar-refractivity contribution in [3.63, 3.8) is 0 Å². The minimum absolute atomic E-state index is 0.0678. The van der Waals surface area contributed by atoms with Crippen LogP contribution in [0.1, 0.15) is 30.6 Å². The van der Waals surface area contributed by atoms with Gasteiger partial charge >= 0.3 is 0 Å². The summed E-state index contributed by atoms with van der Waals surface area (Å²) in [5.41, 5.74) is 0.724. The first-order valence-corrected chi connectivity index (χ1v) is 7.19. The number of carbonyl (C=O) groups is 1. The number of rotatable bonds is 3. The molecule has 1 saturated heterocycles. The maximum Gasteiger partial charge on any atom is 0.293 e. The normalized spacial score (nSPS) is 22.0. The van der Waals surface area contributed by atoms with E-state index in [1.165, 1.54) is 6.07 Å². The molecule has 6 heteroatoms. The van der Waals surface area contributed by atoms with Crippen LogP contribution < -0.4 is 5.32 Å². The van der Waals surface area contributed by atoms with E-state index in [-0.39, 0.29) is 11.6 Å². The summed E-state index contributed by atoms with van der Waals surface area (Å²) in [7, 11) is 1.62. The second-order valence-corrected chi connectivity index (χ2v) is 5.73. The van der Waals surface area contributed by atoms with Crippen LogP contribution in [0.25, 0.3) is 0 Å². The van der Waals surface area contributed by atoms with Crippen LogP contribution in [0.15, 0.2) is 18.2 Å². The van der Waals surface area contributed by atoms with E-state index in [0.29, 0.717) is 36.2 Å². The monoisotopic (exact) mass is 291 g/mol. The Kier molecular flexibility index (Phi) is 4.45. The molecular formula is C15H21N3O3. The first-order valence-electron chi connectivity index (χ1n) is 7.19. The van der Waals surface area contributed by atoms with Crippen molar-refractivity contribution in [2.75, 3.05) is 25.5 Å². The summed E-state index contributed by atoms with van der Waals surface area (Å²) in [6.45, 7) is 5.75. The van der Waals surface area contributed by atoms with Gasteiger partial charge in [0.25, 0.3) is 11.6 Å². The number of likely N-dealkylation sites (tertiary alicyclic amines) is 1. The lowest BCUT2D eigenvalue weighted by Gasteiger charge is -2.35. The second-order valence-electron chi connectivity index (χ2n) is 5.73. The Morgan fingerprint density at radius 2 is 2.10 bits per heavy atom. The molecule has 0 aliphatic carbocycles. The molecule has 1 aromatic rings. The van der Waals surface area contributed by atoms with E-state index in [2.05, 4.69) is 19.2 Å². The van der Waals surface area contributed by atoms with Crippen molar-refractivity contribution in [3.05, 3.63) is 33.9 Å². The number of hydrogen-bond donors (Lipinski definition) is 1. The lowest BCUT2D eigenvalue weighted by molar-refractivity contribution is -0.384. The van der Waals surface area contributed by atoms with Gasteiger partial charge in [-0.3, -0.25) is 14.9 Å². The first-order chi connectivity index (χ1) is 9.93. The molecule has 6 nitrogen and oxygen atoms in total. The smallest absolute Gasteiger partial charge is 0.293 e. The largest absolute Gasteiger partial charge is 0.383 e. The standard InChI is InChI=1S/C15H21N3O3/c1-10-6-7-17(9-11(10)2)15(19)12-4-5-13(16-3)14(8-12)18(20)21/h4-5,8,10-11,16H,6-7,9H2,1-3H3. The summed E-state index contributed by atoms with van der Waals surface area (Å²) in [4.78, 5) is 24.9. The van der Waals surface area contributed by atoms with E-state index in [0.717, 1.165) is 6.42 Å². The van der Waals surface area contributed by atoms with E-state index >= 15 is 0 Å². The van der Waals surface area contributed by atoms with Crippen molar-refractivity contribution in [2.24, 2.45) is 11.8 Å². The van der Waals surface area contributed by atoms with Crippen molar-refractivity contribution in [1.82, 2.24) is 4.90 Å². The van der Waals surface area contributed by atoms with Crippen LogP contribution in [0, 0.1) is 22.0 Å². The molecule has 1 amide bonds. The molecule has 2 rings (SSSR count). The summed E-state index contributed by atoms with van der Waals surface area (Å²) < 4.78 is 0. The van der Waals surface area contributed by atoms with Crippen molar-refractivity contribution < 1.29 is 9.72 Å². The van der Waals surface area contributed by atoms with Crippen LogP contribution in [-0.2, 0) is 0 Å². The van der Waals surface area contributed by atoms with Crippen LogP contribution >= 0.6 is 0 Å². The molecule has 2 atom stereocenters. The number of nitrogens with one attached hydrogen (secondary N) is 1. The van der Waals surface area contributed by atoms with Gasteiger partial charge in [0.15, 0.2) is 0 Å². The summed E-state index contributed by atoms with van der Waals surface area (Å²) in [6.07, 6.45) is 0.976. The summed E-state index contributed by atoms with van der Waals surface area (Å²) >= 11 is 0. The maximum absolute atomic E-state index is 12.5. The fraction of sp³-hybridized carbons (Fsp3) is 0.533. The van der Waals surface area contributed by atoms with Gasteiger partial charge in [-0.05, 0) is 30.4 Å². The number of hydrogen-bond acceptors (Lipinski definition) is 4. The number of benzene rings is 1. The zero-order valence-electron chi connectivity index (χ0n) is 12.6. The number of carbonyl (C=O) groups excluding carboxylic acids is 1. The van der Waals surface area contributed by atoms with Gasteiger partial charge in [0, 0.05) is 31.8 Å². The SMILES string of the molecule is CNc1ccc(C(=O)N2CCC(C)C(C)C2)cc1[N+](=O)[O-].